The second kappa shape index (κ2) is 6.81. The fourth-order valence-electron chi connectivity index (χ4n) is 2.54. The zero-order valence-electron chi connectivity index (χ0n) is 12.5. The van der Waals surface area contributed by atoms with Gasteiger partial charge in [-0.25, -0.2) is 0 Å². The molecule has 1 aliphatic heterocycles. The Labute approximate surface area is 130 Å². The summed E-state index contributed by atoms with van der Waals surface area (Å²) in [6.45, 7) is 9.18. The lowest BCUT2D eigenvalue weighted by Crippen LogP contribution is -2.15. The molecule has 4 heteroatoms. The van der Waals surface area contributed by atoms with Crippen LogP contribution in [0.5, 0.6) is 0 Å². The van der Waals surface area contributed by atoms with E-state index in [-0.39, 0.29) is 12.2 Å². The maximum Gasteiger partial charge on any atom is 0.0960 e. The van der Waals surface area contributed by atoms with Gasteiger partial charge < -0.3 is 18.3 Å². The lowest BCUT2D eigenvalue weighted by Gasteiger charge is -2.24. The van der Waals surface area contributed by atoms with E-state index in [1.807, 2.05) is 12.1 Å². The van der Waals surface area contributed by atoms with Crippen molar-refractivity contribution in [1.29, 1.82) is 0 Å². The van der Waals surface area contributed by atoms with Gasteiger partial charge in [0.1, 0.15) is 0 Å². The maximum atomic E-state index is 6.01. The van der Waals surface area contributed by atoms with E-state index in [1.54, 1.807) is 25.1 Å². The van der Waals surface area contributed by atoms with Crippen LogP contribution >= 0.6 is 0 Å². The van der Waals surface area contributed by atoms with Gasteiger partial charge in [0.25, 0.3) is 0 Å². The predicted molar refractivity (Wildman–Crippen MR) is 82.3 cm³/mol. The van der Waals surface area contributed by atoms with E-state index in [2.05, 4.69) is 13.2 Å². The van der Waals surface area contributed by atoms with Gasteiger partial charge in [-0.05, 0) is 23.3 Å². The van der Waals surface area contributed by atoms with Crippen LogP contribution in [0.25, 0.3) is 0 Å². The zero-order chi connectivity index (χ0) is 15.4. The van der Waals surface area contributed by atoms with Crippen molar-refractivity contribution in [3.8, 4) is 0 Å². The second-order valence-corrected chi connectivity index (χ2v) is 5.62. The molecule has 0 spiro atoms. The molecular formula is C18H20O4. The standard InChI is InChI=1S/C18H20O4/c1-13-7-17(15-3-5-19-11-15)22-10-14(2)8-18(21-9-13)16-4-6-20-12-16/h3-6,11-12,17-18H,1-2,7-10H2/t17-,18+. The van der Waals surface area contributed by atoms with Crippen LogP contribution in [0.15, 0.2) is 70.3 Å². The molecule has 3 heterocycles. The van der Waals surface area contributed by atoms with E-state index in [0.29, 0.717) is 26.1 Å². The molecule has 0 aliphatic carbocycles. The third kappa shape index (κ3) is 3.59. The number of hydrogen-bond acceptors (Lipinski definition) is 4. The summed E-state index contributed by atoms with van der Waals surface area (Å²) < 4.78 is 22.3. The van der Waals surface area contributed by atoms with Crippen molar-refractivity contribution in [2.75, 3.05) is 13.2 Å². The molecular weight excluding hydrogens is 280 g/mol. The van der Waals surface area contributed by atoms with Crippen molar-refractivity contribution >= 4 is 0 Å². The lowest BCUT2D eigenvalue weighted by molar-refractivity contribution is 0.0292. The lowest BCUT2D eigenvalue weighted by atomic mass is 10.0. The third-order valence-corrected chi connectivity index (χ3v) is 3.76. The first-order valence-corrected chi connectivity index (χ1v) is 7.33. The van der Waals surface area contributed by atoms with Gasteiger partial charge in [-0.1, -0.05) is 13.2 Å². The number of ether oxygens (including phenoxy) is 2. The largest absolute Gasteiger partial charge is 0.472 e. The van der Waals surface area contributed by atoms with Crippen LogP contribution in [0.3, 0.4) is 0 Å². The quantitative estimate of drug-likeness (QED) is 0.761. The third-order valence-electron chi connectivity index (χ3n) is 3.76. The molecule has 1 fully saturated rings. The van der Waals surface area contributed by atoms with E-state index >= 15 is 0 Å². The Balaban J connectivity index is 1.72. The predicted octanol–water partition coefficient (Wildman–Crippen LogP) is 4.59. The summed E-state index contributed by atoms with van der Waals surface area (Å²) in [7, 11) is 0. The zero-order valence-corrected chi connectivity index (χ0v) is 12.5. The first-order valence-electron chi connectivity index (χ1n) is 7.33. The van der Waals surface area contributed by atoms with Crippen molar-refractivity contribution in [3.05, 3.63) is 72.6 Å². The Hall–Kier alpha value is -2.04. The molecule has 0 N–H and O–H groups in total. The van der Waals surface area contributed by atoms with Crippen LogP contribution in [-0.2, 0) is 9.47 Å². The maximum absolute atomic E-state index is 6.01. The highest BCUT2D eigenvalue weighted by Crippen LogP contribution is 2.31. The number of hydrogen-bond donors (Lipinski definition) is 0. The average molecular weight is 300 g/mol. The van der Waals surface area contributed by atoms with E-state index in [0.717, 1.165) is 22.3 Å². The van der Waals surface area contributed by atoms with Crippen molar-refractivity contribution in [2.45, 2.75) is 25.0 Å². The van der Waals surface area contributed by atoms with Crippen LogP contribution in [-0.4, -0.2) is 13.2 Å². The van der Waals surface area contributed by atoms with E-state index in [9.17, 15) is 0 Å². The highest BCUT2D eigenvalue weighted by molar-refractivity contribution is 5.17. The van der Waals surface area contributed by atoms with E-state index < -0.39 is 0 Å². The van der Waals surface area contributed by atoms with Gasteiger partial charge in [-0.2, -0.15) is 0 Å². The van der Waals surface area contributed by atoms with Crippen LogP contribution in [0.4, 0.5) is 0 Å². The smallest absolute Gasteiger partial charge is 0.0960 e. The van der Waals surface area contributed by atoms with Crippen LogP contribution in [0.1, 0.15) is 36.2 Å². The highest BCUT2D eigenvalue weighted by atomic mass is 16.5. The average Bonchev–Trinajstić information content (AvgIpc) is 3.20. The molecule has 2 aromatic rings. The Morgan fingerprint density at radius 1 is 0.773 bits per heavy atom. The fourth-order valence-corrected chi connectivity index (χ4v) is 2.54. The molecule has 0 unspecified atom stereocenters. The summed E-state index contributed by atoms with van der Waals surface area (Å²) in [4.78, 5) is 0. The molecule has 4 nitrogen and oxygen atoms in total. The molecule has 0 aromatic carbocycles. The number of rotatable bonds is 2. The molecule has 116 valence electrons. The molecule has 1 aliphatic rings. The summed E-state index contributed by atoms with van der Waals surface area (Å²) in [6.07, 6.45) is 7.98. The summed E-state index contributed by atoms with van der Waals surface area (Å²) in [5.41, 5.74) is 4.02. The van der Waals surface area contributed by atoms with Gasteiger partial charge >= 0.3 is 0 Å². The van der Waals surface area contributed by atoms with Gasteiger partial charge in [0.05, 0.1) is 50.5 Å². The normalized spacial score (nSPS) is 24.4. The molecule has 1 saturated heterocycles. The molecule has 2 aromatic heterocycles. The van der Waals surface area contributed by atoms with Crippen LogP contribution < -0.4 is 0 Å². The summed E-state index contributed by atoms with van der Waals surface area (Å²) in [6, 6.07) is 3.84. The Morgan fingerprint density at radius 2 is 1.23 bits per heavy atom. The molecule has 3 rings (SSSR count). The van der Waals surface area contributed by atoms with Gasteiger partial charge in [0.15, 0.2) is 0 Å². The van der Waals surface area contributed by atoms with Crippen molar-refractivity contribution in [2.24, 2.45) is 0 Å². The Bertz CT molecular complexity index is 553. The summed E-state index contributed by atoms with van der Waals surface area (Å²) in [5, 5.41) is 0. The van der Waals surface area contributed by atoms with E-state index in [1.165, 1.54) is 0 Å². The monoisotopic (exact) mass is 300 g/mol. The van der Waals surface area contributed by atoms with Crippen molar-refractivity contribution in [1.82, 2.24) is 0 Å². The topological polar surface area (TPSA) is 44.7 Å². The molecule has 22 heavy (non-hydrogen) atoms. The van der Waals surface area contributed by atoms with Crippen molar-refractivity contribution < 1.29 is 18.3 Å². The molecule has 0 bridgehead atoms. The Kier molecular flexibility index (Phi) is 4.61. The minimum Gasteiger partial charge on any atom is -0.472 e. The highest BCUT2D eigenvalue weighted by Gasteiger charge is 2.21. The van der Waals surface area contributed by atoms with Crippen LogP contribution in [0.2, 0.25) is 0 Å². The molecule has 0 amide bonds. The minimum atomic E-state index is -0.0722. The summed E-state index contributed by atoms with van der Waals surface area (Å²) >= 11 is 0. The first kappa shape index (κ1) is 14.9. The van der Waals surface area contributed by atoms with Gasteiger partial charge in [-0.15, -0.1) is 0 Å². The minimum absolute atomic E-state index is 0.0722. The first-order chi connectivity index (χ1) is 10.7. The van der Waals surface area contributed by atoms with Crippen LogP contribution in [0, 0.1) is 0 Å². The Morgan fingerprint density at radius 3 is 1.59 bits per heavy atom. The van der Waals surface area contributed by atoms with E-state index in [4.69, 9.17) is 18.3 Å². The molecule has 0 saturated carbocycles. The van der Waals surface area contributed by atoms with Gasteiger partial charge in [-0.3, -0.25) is 0 Å². The molecule has 2 atom stereocenters. The van der Waals surface area contributed by atoms with Gasteiger partial charge in [0, 0.05) is 24.0 Å². The number of furan rings is 2. The van der Waals surface area contributed by atoms with Gasteiger partial charge in [0.2, 0.25) is 0 Å². The summed E-state index contributed by atoms with van der Waals surface area (Å²) in [5.74, 6) is 0. The second-order valence-electron chi connectivity index (χ2n) is 5.62. The fraction of sp³-hybridized carbons (Fsp3) is 0.333. The molecule has 0 radical (unpaired) electrons. The SMILES string of the molecule is C=C1CO[C@@H](c2ccoc2)CC(=C)CO[C@H](c2ccoc2)C1. The van der Waals surface area contributed by atoms with Crippen molar-refractivity contribution in [3.63, 3.8) is 0 Å².